The molecule has 1 aliphatic rings. The van der Waals surface area contributed by atoms with Crippen molar-refractivity contribution >= 4 is 11.6 Å². The second kappa shape index (κ2) is 7.86. The van der Waals surface area contributed by atoms with Crippen molar-refractivity contribution in [3.63, 3.8) is 0 Å². The van der Waals surface area contributed by atoms with Crippen LogP contribution in [0.2, 0.25) is 0 Å². The summed E-state index contributed by atoms with van der Waals surface area (Å²) in [6.45, 7) is 7.74. The topological polar surface area (TPSA) is 63.4 Å². The first-order valence-corrected chi connectivity index (χ1v) is 10.7. The number of likely N-dealkylation sites (tertiary alicyclic amines) is 1. The van der Waals surface area contributed by atoms with E-state index in [2.05, 4.69) is 15.1 Å². The van der Waals surface area contributed by atoms with E-state index in [1.807, 2.05) is 20.8 Å². The van der Waals surface area contributed by atoms with Crippen LogP contribution in [0.25, 0.3) is 5.65 Å². The molecule has 3 aromatic heterocycles. The van der Waals surface area contributed by atoms with E-state index in [-0.39, 0.29) is 11.6 Å². The van der Waals surface area contributed by atoms with Gasteiger partial charge in [-0.2, -0.15) is 18.3 Å². The first-order chi connectivity index (χ1) is 15.0. The van der Waals surface area contributed by atoms with Crippen LogP contribution in [0.4, 0.5) is 13.2 Å². The van der Waals surface area contributed by atoms with Gasteiger partial charge in [-0.15, -0.1) is 0 Å². The summed E-state index contributed by atoms with van der Waals surface area (Å²) in [5.41, 5.74) is 0.581. The first-order valence-electron chi connectivity index (χ1n) is 10.7. The Balaban J connectivity index is 1.81. The van der Waals surface area contributed by atoms with Crippen LogP contribution < -0.4 is 0 Å². The highest BCUT2D eigenvalue weighted by Gasteiger charge is 2.38. The van der Waals surface area contributed by atoms with Crippen LogP contribution in [0.1, 0.15) is 79.2 Å². The standard InChI is InChI=1S/C23H26F3N5O/c1-14-15(8-7-10-27-14)21(32)30-11-6-5-9-17(30)16-12-20-28-18(22(2,3)4)13-19(23(24,25)26)31(20)29-16/h7-8,10,12-13,17H,5-6,9,11H2,1-4H3. The number of aryl methyl sites for hydroxylation is 1. The van der Waals surface area contributed by atoms with Gasteiger partial charge in [0.05, 0.1) is 23.0 Å². The van der Waals surface area contributed by atoms with Crippen LogP contribution in [0.5, 0.6) is 0 Å². The zero-order valence-corrected chi connectivity index (χ0v) is 18.6. The molecule has 1 aliphatic heterocycles. The van der Waals surface area contributed by atoms with E-state index in [9.17, 15) is 18.0 Å². The third-order valence-electron chi connectivity index (χ3n) is 5.85. The monoisotopic (exact) mass is 445 g/mol. The van der Waals surface area contributed by atoms with Gasteiger partial charge in [0.25, 0.3) is 5.91 Å². The number of rotatable bonds is 2. The highest BCUT2D eigenvalue weighted by Crippen LogP contribution is 2.36. The number of hydrogen-bond acceptors (Lipinski definition) is 4. The maximum absolute atomic E-state index is 13.8. The Hall–Kier alpha value is -2.97. The van der Waals surface area contributed by atoms with Gasteiger partial charge in [0.15, 0.2) is 5.65 Å². The predicted octanol–water partition coefficient (Wildman–Crippen LogP) is 5.12. The van der Waals surface area contributed by atoms with Gasteiger partial charge in [0, 0.05) is 29.9 Å². The second-order valence-corrected chi connectivity index (χ2v) is 9.26. The maximum atomic E-state index is 13.8. The van der Waals surface area contributed by atoms with Gasteiger partial charge < -0.3 is 4.90 Å². The number of nitrogens with zero attached hydrogens (tertiary/aromatic N) is 5. The van der Waals surface area contributed by atoms with Crippen molar-refractivity contribution in [3.8, 4) is 0 Å². The van der Waals surface area contributed by atoms with E-state index in [1.54, 1.807) is 36.2 Å². The molecule has 170 valence electrons. The van der Waals surface area contributed by atoms with Gasteiger partial charge in [-0.3, -0.25) is 9.78 Å². The fourth-order valence-electron chi connectivity index (χ4n) is 4.09. The number of alkyl halides is 3. The molecule has 4 rings (SSSR count). The molecular formula is C23H26F3N5O. The molecule has 3 aromatic rings. The van der Waals surface area contributed by atoms with Gasteiger partial charge in [0.2, 0.25) is 0 Å². The fourth-order valence-corrected chi connectivity index (χ4v) is 4.09. The van der Waals surface area contributed by atoms with Crippen molar-refractivity contribution in [3.05, 3.63) is 58.8 Å². The van der Waals surface area contributed by atoms with Crippen molar-refractivity contribution in [1.29, 1.82) is 0 Å². The van der Waals surface area contributed by atoms with Crippen LogP contribution in [0, 0.1) is 6.92 Å². The van der Waals surface area contributed by atoms with Crippen LogP contribution >= 0.6 is 0 Å². The largest absolute Gasteiger partial charge is 0.433 e. The molecule has 0 bridgehead atoms. The van der Waals surface area contributed by atoms with Crippen molar-refractivity contribution in [1.82, 2.24) is 24.5 Å². The summed E-state index contributed by atoms with van der Waals surface area (Å²) in [5.74, 6) is -0.184. The number of halogens is 3. The average Bonchev–Trinajstić information content (AvgIpc) is 3.15. The maximum Gasteiger partial charge on any atom is 0.433 e. The van der Waals surface area contributed by atoms with Crippen molar-refractivity contribution in [2.75, 3.05) is 6.54 Å². The molecule has 1 atom stereocenters. The molecule has 0 saturated carbocycles. The summed E-state index contributed by atoms with van der Waals surface area (Å²) in [7, 11) is 0. The van der Waals surface area contributed by atoms with Gasteiger partial charge in [-0.1, -0.05) is 20.8 Å². The van der Waals surface area contributed by atoms with E-state index < -0.39 is 23.3 Å². The number of fused-ring (bicyclic) bond motifs is 1. The van der Waals surface area contributed by atoms with Crippen molar-refractivity contribution < 1.29 is 18.0 Å². The van der Waals surface area contributed by atoms with Crippen LogP contribution in [-0.2, 0) is 11.6 Å². The third-order valence-corrected chi connectivity index (χ3v) is 5.85. The number of aromatic nitrogens is 4. The van der Waals surface area contributed by atoms with E-state index in [0.29, 0.717) is 35.6 Å². The lowest BCUT2D eigenvalue weighted by atomic mass is 9.91. The number of amides is 1. The van der Waals surface area contributed by atoms with E-state index in [1.165, 1.54) is 0 Å². The summed E-state index contributed by atoms with van der Waals surface area (Å²) in [6.07, 6.45) is -0.642. The highest BCUT2D eigenvalue weighted by atomic mass is 19.4. The number of piperidine rings is 1. The third kappa shape index (κ3) is 4.08. The highest BCUT2D eigenvalue weighted by molar-refractivity contribution is 5.95. The average molecular weight is 445 g/mol. The van der Waals surface area contributed by atoms with Gasteiger partial charge in [-0.25, -0.2) is 9.50 Å². The zero-order valence-electron chi connectivity index (χ0n) is 18.6. The molecule has 32 heavy (non-hydrogen) atoms. The number of carbonyl (C=O) groups is 1. The smallest absolute Gasteiger partial charge is 0.330 e. The Morgan fingerprint density at radius 1 is 1.16 bits per heavy atom. The number of carbonyl (C=O) groups excluding carboxylic acids is 1. The normalized spacial score (nSPS) is 17.7. The Kier molecular flexibility index (Phi) is 5.46. The second-order valence-electron chi connectivity index (χ2n) is 9.26. The van der Waals surface area contributed by atoms with E-state index >= 15 is 0 Å². The summed E-state index contributed by atoms with van der Waals surface area (Å²) < 4.78 is 42.4. The molecule has 1 fully saturated rings. The summed E-state index contributed by atoms with van der Waals surface area (Å²) >= 11 is 0. The van der Waals surface area contributed by atoms with Gasteiger partial charge >= 0.3 is 6.18 Å². The molecular weight excluding hydrogens is 419 g/mol. The molecule has 4 heterocycles. The molecule has 0 spiro atoms. The van der Waals surface area contributed by atoms with Crippen LogP contribution in [0.15, 0.2) is 30.5 Å². The Labute approximate surface area is 184 Å². The van der Waals surface area contributed by atoms with Crippen molar-refractivity contribution in [2.24, 2.45) is 0 Å². The molecule has 0 aromatic carbocycles. The van der Waals surface area contributed by atoms with E-state index in [4.69, 9.17) is 0 Å². The number of hydrogen-bond donors (Lipinski definition) is 0. The minimum Gasteiger partial charge on any atom is -0.330 e. The van der Waals surface area contributed by atoms with Gasteiger partial charge in [-0.05, 0) is 44.4 Å². The zero-order chi connectivity index (χ0) is 23.3. The molecule has 0 aliphatic carbocycles. The molecule has 1 saturated heterocycles. The molecule has 6 nitrogen and oxygen atoms in total. The summed E-state index contributed by atoms with van der Waals surface area (Å²) in [5, 5.41) is 4.30. The summed E-state index contributed by atoms with van der Waals surface area (Å²) in [4.78, 5) is 23.7. The summed E-state index contributed by atoms with van der Waals surface area (Å²) in [6, 6.07) is 5.65. The predicted molar refractivity (Wildman–Crippen MR) is 113 cm³/mol. The van der Waals surface area contributed by atoms with E-state index in [0.717, 1.165) is 23.4 Å². The molecule has 1 unspecified atom stereocenters. The number of pyridine rings is 1. The quantitative estimate of drug-likeness (QED) is 0.550. The minimum absolute atomic E-state index is 0.135. The molecule has 0 N–H and O–H groups in total. The van der Waals surface area contributed by atoms with Crippen LogP contribution in [-0.4, -0.2) is 36.9 Å². The lowest BCUT2D eigenvalue weighted by molar-refractivity contribution is -0.142. The molecule has 1 amide bonds. The van der Waals surface area contributed by atoms with Gasteiger partial charge in [0.1, 0.15) is 5.69 Å². The Morgan fingerprint density at radius 3 is 2.56 bits per heavy atom. The molecule has 0 radical (unpaired) electrons. The minimum atomic E-state index is -4.58. The Bertz CT molecular complexity index is 1160. The van der Waals surface area contributed by atoms with Crippen LogP contribution in [0.3, 0.4) is 0 Å². The molecule has 9 heteroatoms. The lowest BCUT2D eigenvalue weighted by Crippen LogP contribution is -2.39. The SMILES string of the molecule is Cc1ncccc1C(=O)N1CCCCC1c1cc2nc(C(C)(C)C)cc(C(F)(F)F)n2n1. The van der Waals surface area contributed by atoms with Crippen molar-refractivity contribution in [2.45, 2.75) is 64.6 Å². The Morgan fingerprint density at radius 2 is 1.91 bits per heavy atom. The first kappa shape index (κ1) is 22.2. The fraction of sp³-hybridized carbons (Fsp3) is 0.478. The lowest BCUT2D eigenvalue weighted by Gasteiger charge is -2.35.